The highest BCUT2D eigenvalue weighted by atomic mass is 79.9. The molecule has 0 aliphatic heterocycles. The lowest BCUT2D eigenvalue weighted by Crippen LogP contribution is -2.38. The van der Waals surface area contributed by atoms with E-state index < -0.39 is 0 Å². The van der Waals surface area contributed by atoms with Crippen molar-refractivity contribution in [3.05, 3.63) is 68.1 Å². The molecule has 0 heterocycles. The Labute approximate surface area is 141 Å². The van der Waals surface area contributed by atoms with E-state index in [0.717, 1.165) is 28.2 Å². The maximum absolute atomic E-state index is 12.4. The Morgan fingerprint density at radius 3 is 2.43 bits per heavy atom. The van der Waals surface area contributed by atoms with Crippen LogP contribution < -0.4 is 5.32 Å². The van der Waals surface area contributed by atoms with Gasteiger partial charge in [0.25, 0.3) is 5.91 Å². The van der Waals surface area contributed by atoms with Crippen molar-refractivity contribution in [1.29, 1.82) is 0 Å². The first kappa shape index (κ1) is 14.8. The van der Waals surface area contributed by atoms with Gasteiger partial charge in [0.15, 0.2) is 0 Å². The number of halogens is 2. The number of amides is 1. The topological polar surface area (TPSA) is 29.1 Å². The molecule has 0 fully saturated rings. The van der Waals surface area contributed by atoms with Crippen molar-refractivity contribution in [3.63, 3.8) is 0 Å². The standard InChI is InChI=1S/C17H15Br2NO/c18-14-7-13(8-15(19)10-14)17(21)20-16-6-5-11-3-1-2-4-12(11)9-16/h1-4,7-8,10,16H,5-6,9H2,(H,20,21). The Hall–Kier alpha value is -1.13. The second-order valence-electron chi connectivity index (χ2n) is 5.34. The quantitative estimate of drug-likeness (QED) is 0.778. The number of hydrogen-bond donors (Lipinski definition) is 1. The molecule has 1 N–H and O–H groups in total. The largest absolute Gasteiger partial charge is 0.349 e. The summed E-state index contributed by atoms with van der Waals surface area (Å²) in [7, 11) is 0. The van der Waals surface area contributed by atoms with E-state index in [1.165, 1.54) is 11.1 Å². The summed E-state index contributed by atoms with van der Waals surface area (Å²) in [5, 5.41) is 3.15. The molecule has 2 aromatic rings. The molecule has 3 rings (SSSR count). The molecule has 2 aromatic carbocycles. The average molecular weight is 409 g/mol. The molecule has 1 unspecified atom stereocenters. The number of aryl methyl sites for hydroxylation is 1. The molecule has 1 aliphatic carbocycles. The summed E-state index contributed by atoms with van der Waals surface area (Å²) in [6, 6.07) is 14.3. The van der Waals surface area contributed by atoms with Crippen LogP contribution in [-0.2, 0) is 12.8 Å². The third-order valence-corrected chi connectivity index (χ3v) is 4.72. The molecule has 0 radical (unpaired) electrons. The van der Waals surface area contributed by atoms with Crippen LogP contribution in [0.3, 0.4) is 0 Å². The molecule has 0 saturated carbocycles. The summed E-state index contributed by atoms with van der Waals surface area (Å²) < 4.78 is 1.80. The Bertz CT molecular complexity index is 664. The van der Waals surface area contributed by atoms with Crippen molar-refractivity contribution in [2.75, 3.05) is 0 Å². The first-order chi connectivity index (χ1) is 10.1. The number of nitrogens with one attached hydrogen (secondary N) is 1. The molecule has 21 heavy (non-hydrogen) atoms. The number of carbonyl (C=O) groups excluding carboxylic acids is 1. The van der Waals surface area contributed by atoms with Crippen LogP contribution in [0.1, 0.15) is 27.9 Å². The first-order valence-electron chi connectivity index (χ1n) is 6.95. The van der Waals surface area contributed by atoms with Crippen LogP contribution >= 0.6 is 31.9 Å². The second-order valence-corrected chi connectivity index (χ2v) is 7.17. The number of fused-ring (bicyclic) bond motifs is 1. The second kappa shape index (κ2) is 6.32. The molecule has 1 atom stereocenters. The number of benzene rings is 2. The summed E-state index contributed by atoms with van der Waals surface area (Å²) in [6.45, 7) is 0. The highest BCUT2D eigenvalue weighted by molar-refractivity contribution is 9.11. The van der Waals surface area contributed by atoms with Gasteiger partial charge >= 0.3 is 0 Å². The van der Waals surface area contributed by atoms with E-state index in [0.29, 0.717) is 5.56 Å². The van der Waals surface area contributed by atoms with E-state index in [2.05, 4.69) is 61.4 Å². The van der Waals surface area contributed by atoms with Crippen LogP contribution in [-0.4, -0.2) is 11.9 Å². The van der Waals surface area contributed by atoms with Gasteiger partial charge in [-0.05, 0) is 48.6 Å². The van der Waals surface area contributed by atoms with Gasteiger partial charge in [-0.3, -0.25) is 4.79 Å². The van der Waals surface area contributed by atoms with Crippen LogP contribution in [0.25, 0.3) is 0 Å². The zero-order chi connectivity index (χ0) is 14.8. The van der Waals surface area contributed by atoms with Crippen LogP contribution in [0.2, 0.25) is 0 Å². The van der Waals surface area contributed by atoms with Gasteiger partial charge in [0, 0.05) is 20.6 Å². The number of hydrogen-bond acceptors (Lipinski definition) is 1. The van der Waals surface area contributed by atoms with Crippen molar-refractivity contribution in [3.8, 4) is 0 Å². The lowest BCUT2D eigenvalue weighted by atomic mass is 9.88. The van der Waals surface area contributed by atoms with Gasteiger partial charge in [0.1, 0.15) is 0 Å². The van der Waals surface area contributed by atoms with E-state index in [-0.39, 0.29) is 11.9 Å². The molecule has 1 amide bonds. The summed E-state index contributed by atoms with van der Waals surface area (Å²) in [5.74, 6) is -0.0126. The summed E-state index contributed by atoms with van der Waals surface area (Å²) >= 11 is 6.84. The third-order valence-electron chi connectivity index (χ3n) is 3.81. The van der Waals surface area contributed by atoms with Crippen molar-refractivity contribution >= 4 is 37.8 Å². The molecule has 0 spiro atoms. The average Bonchev–Trinajstić information content (AvgIpc) is 2.46. The lowest BCUT2D eigenvalue weighted by molar-refractivity contribution is 0.0933. The van der Waals surface area contributed by atoms with Crippen LogP contribution in [0.4, 0.5) is 0 Å². The van der Waals surface area contributed by atoms with Gasteiger partial charge in [-0.25, -0.2) is 0 Å². The maximum atomic E-state index is 12.4. The van der Waals surface area contributed by atoms with E-state index in [1.54, 1.807) is 0 Å². The van der Waals surface area contributed by atoms with Crippen LogP contribution in [0.15, 0.2) is 51.4 Å². The number of carbonyl (C=O) groups is 1. The monoisotopic (exact) mass is 407 g/mol. The van der Waals surface area contributed by atoms with E-state index in [4.69, 9.17) is 0 Å². The van der Waals surface area contributed by atoms with Crippen molar-refractivity contribution in [2.24, 2.45) is 0 Å². The third kappa shape index (κ3) is 3.55. The predicted molar refractivity (Wildman–Crippen MR) is 91.6 cm³/mol. The Morgan fingerprint density at radius 2 is 1.71 bits per heavy atom. The fourth-order valence-electron chi connectivity index (χ4n) is 2.77. The summed E-state index contributed by atoms with van der Waals surface area (Å²) in [4.78, 5) is 12.4. The van der Waals surface area contributed by atoms with E-state index in [1.807, 2.05) is 18.2 Å². The van der Waals surface area contributed by atoms with Crippen molar-refractivity contribution in [1.82, 2.24) is 5.32 Å². The maximum Gasteiger partial charge on any atom is 0.251 e. The predicted octanol–water partition coefficient (Wildman–Crippen LogP) is 4.50. The summed E-state index contributed by atoms with van der Waals surface area (Å²) in [6.07, 6.45) is 2.94. The van der Waals surface area contributed by atoms with Gasteiger partial charge < -0.3 is 5.32 Å². The highest BCUT2D eigenvalue weighted by Gasteiger charge is 2.20. The molecule has 0 bridgehead atoms. The zero-order valence-electron chi connectivity index (χ0n) is 11.4. The van der Waals surface area contributed by atoms with Gasteiger partial charge in [-0.15, -0.1) is 0 Å². The van der Waals surface area contributed by atoms with Gasteiger partial charge in [0.05, 0.1) is 0 Å². The normalized spacial score (nSPS) is 17.1. The zero-order valence-corrected chi connectivity index (χ0v) is 14.6. The van der Waals surface area contributed by atoms with Crippen molar-refractivity contribution < 1.29 is 4.79 Å². The lowest BCUT2D eigenvalue weighted by Gasteiger charge is -2.25. The minimum absolute atomic E-state index is 0.0126. The molecule has 0 saturated heterocycles. The SMILES string of the molecule is O=C(NC1CCc2ccccc2C1)c1cc(Br)cc(Br)c1. The molecule has 0 aromatic heterocycles. The highest BCUT2D eigenvalue weighted by Crippen LogP contribution is 2.23. The minimum atomic E-state index is -0.0126. The summed E-state index contributed by atoms with van der Waals surface area (Å²) in [5.41, 5.74) is 3.44. The molecule has 2 nitrogen and oxygen atoms in total. The fourth-order valence-corrected chi connectivity index (χ4v) is 4.07. The van der Waals surface area contributed by atoms with Gasteiger partial charge in [-0.2, -0.15) is 0 Å². The Kier molecular flexibility index (Phi) is 4.45. The molecule has 4 heteroatoms. The Balaban J connectivity index is 1.71. The minimum Gasteiger partial charge on any atom is -0.349 e. The molecular formula is C17H15Br2NO. The van der Waals surface area contributed by atoms with Crippen LogP contribution in [0.5, 0.6) is 0 Å². The van der Waals surface area contributed by atoms with E-state index in [9.17, 15) is 4.79 Å². The molecular weight excluding hydrogens is 394 g/mol. The fraction of sp³-hybridized carbons (Fsp3) is 0.235. The molecule has 1 aliphatic rings. The molecule has 108 valence electrons. The van der Waals surface area contributed by atoms with E-state index >= 15 is 0 Å². The smallest absolute Gasteiger partial charge is 0.251 e. The Morgan fingerprint density at radius 1 is 1.05 bits per heavy atom. The van der Waals surface area contributed by atoms with Gasteiger partial charge in [0.2, 0.25) is 0 Å². The van der Waals surface area contributed by atoms with Gasteiger partial charge in [-0.1, -0.05) is 56.1 Å². The number of rotatable bonds is 2. The first-order valence-corrected chi connectivity index (χ1v) is 8.54. The van der Waals surface area contributed by atoms with Crippen molar-refractivity contribution in [2.45, 2.75) is 25.3 Å². The van der Waals surface area contributed by atoms with Crippen LogP contribution in [0, 0.1) is 0 Å².